The van der Waals surface area contributed by atoms with Crippen LogP contribution >= 0.6 is 12.2 Å². The largest absolute Gasteiger partial charge is 0.389 e. The summed E-state index contributed by atoms with van der Waals surface area (Å²) in [5.41, 5.74) is 7.39. The van der Waals surface area contributed by atoms with Crippen molar-refractivity contribution in [3.63, 3.8) is 0 Å². The molecule has 0 spiro atoms. The Morgan fingerprint density at radius 1 is 1.38 bits per heavy atom. The van der Waals surface area contributed by atoms with Crippen LogP contribution < -0.4 is 10.5 Å². The second kappa shape index (κ2) is 6.33. The van der Waals surface area contributed by atoms with Gasteiger partial charge in [-0.05, 0) is 12.5 Å². The first-order chi connectivity index (χ1) is 9.85. The molecule has 0 aliphatic rings. The third kappa shape index (κ3) is 4.62. The fourth-order valence-corrected chi connectivity index (χ4v) is 2.96. The van der Waals surface area contributed by atoms with Crippen molar-refractivity contribution in [2.75, 3.05) is 0 Å². The summed E-state index contributed by atoms with van der Waals surface area (Å²) in [5, 5.41) is 3.73. The molecule has 0 saturated carbocycles. The maximum Gasteiger partial charge on any atom is 0.216 e. The van der Waals surface area contributed by atoms with E-state index in [-0.39, 0.29) is 17.3 Å². The first-order valence-electron chi connectivity index (χ1n) is 6.14. The van der Waals surface area contributed by atoms with E-state index in [0.717, 1.165) is 0 Å². The van der Waals surface area contributed by atoms with Crippen LogP contribution in [-0.2, 0) is 22.3 Å². The Labute approximate surface area is 128 Å². The zero-order chi connectivity index (χ0) is 15.5. The van der Waals surface area contributed by atoms with Crippen LogP contribution in [-0.4, -0.2) is 18.6 Å². The van der Waals surface area contributed by atoms with Crippen LogP contribution in [0.15, 0.2) is 34.9 Å². The highest BCUT2D eigenvalue weighted by Crippen LogP contribution is 2.09. The molecule has 1 aromatic carbocycles. The van der Waals surface area contributed by atoms with Gasteiger partial charge in [0.1, 0.15) is 10.7 Å². The highest BCUT2D eigenvalue weighted by atomic mass is 32.2. The SMILES string of the molecule is Cc1cc(CNS(=O)(=O)Cc2ccc(C(N)=S)cc2)no1. The van der Waals surface area contributed by atoms with E-state index >= 15 is 0 Å². The fourth-order valence-electron chi connectivity index (χ4n) is 1.72. The fraction of sp³-hybridized carbons (Fsp3) is 0.231. The predicted octanol–water partition coefficient (Wildman–Crippen LogP) is 1.24. The van der Waals surface area contributed by atoms with Gasteiger partial charge in [-0.3, -0.25) is 0 Å². The Balaban J connectivity index is 1.98. The summed E-state index contributed by atoms with van der Waals surface area (Å²) >= 11 is 4.84. The molecule has 1 heterocycles. The van der Waals surface area contributed by atoms with Crippen molar-refractivity contribution < 1.29 is 12.9 Å². The van der Waals surface area contributed by atoms with Crippen LogP contribution in [0.1, 0.15) is 22.6 Å². The van der Waals surface area contributed by atoms with Gasteiger partial charge in [0.15, 0.2) is 0 Å². The Kier molecular flexibility index (Phi) is 4.71. The van der Waals surface area contributed by atoms with E-state index in [0.29, 0.717) is 22.6 Å². The van der Waals surface area contributed by atoms with Gasteiger partial charge in [0.25, 0.3) is 0 Å². The zero-order valence-electron chi connectivity index (χ0n) is 11.4. The van der Waals surface area contributed by atoms with Crippen molar-refractivity contribution >= 4 is 27.2 Å². The molecule has 3 N–H and O–H groups in total. The van der Waals surface area contributed by atoms with E-state index in [1.165, 1.54) is 0 Å². The van der Waals surface area contributed by atoms with Crippen molar-refractivity contribution in [2.45, 2.75) is 19.2 Å². The van der Waals surface area contributed by atoms with Crippen molar-refractivity contribution in [3.8, 4) is 0 Å². The van der Waals surface area contributed by atoms with Gasteiger partial charge in [0.05, 0.1) is 18.0 Å². The molecule has 0 amide bonds. The summed E-state index contributed by atoms with van der Waals surface area (Å²) in [6, 6.07) is 8.46. The molecule has 21 heavy (non-hydrogen) atoms. The Hall–Kier alpha value is -1.77. The Morgan fingerprint density at radius 3 is 2.57 bits per heavy atom. The zero-order valence-corrected chi connectivity index (χ0v) is 13.0. The third-order valence-electron chi connectivity index (χ3n) is 2.75. The maximum absolute atomic E-state index is 12.0. The summed E-state index contributed by atoms with van der Waals surface area (Å²) in [4.78, 5) is 0.281. The lowest BCUT2D eigenvalue weighted by Crippen LogP contribution is -2.24. The summed E-state index contributed by atoms with van der Waals surface area (Å²) in [7, 11) is -3.45. The number of aromatic nitrogens is 1. The molecule has 112 valence electrons. The molecule has 0 aliphatic heterocycles. The minimum atomic E-state index is -3.45. The van der Waals surface area contributed by atoms with E-state index < -0.39 is 10.0 Å². The summed E-state index contributed by atoms with van der Waals surface area (Å²) in [6.07, 6.45) is 0. The maximum atomic E-state index is 12.0. The lowest BCUT2D eigenvalue weighted by Gasteiger charge is -2.06. The van der Waals surface area contributed by atoms with Gasteiger partial charge >= 0.3 is 0 Å². The van der Waals surface area contributed by atoms with E-state index in [1.807, 2.05) is 0 Å². The van der Waals surface area contributed by atoms with Gasteiger partial charge in [-0.1, -0.05) is 41.6 Å². The summed E-state index contributed by atoms with van der Waals surface area (Å²) in [6.45, 7) is 1.85. The van der Waals surface area contributed by atoms with Crippen molar-refractivity contribution in [3.05, 3.63) is 52.9 Å². The van der Waals surface area contributed by atoms with Crippen LogP contribution in [0.3, 0.4) is 0 Å². The average Bonchev–Trinajstić information content (AvgIpc) is 2.83. The number of rotatable bonds is 6. The van der Waals surface area contributed by atoms with Crippen molar-refractivity contribution in [1.29, 1.82) is 0 Å². The molecule has 0 atom stereocenters. The van der Waals surface area contributed by atoms with Gasteiger partial charge in [-0.2, -0.15) is 0 Å². The van der Waals surface area contributed by atoms with Crippen LogP contribution in [0.5, 0.6) is 0 Å². The lowest BCUT2D eigenvalue weighted by atomic mass is 10.1. The molecule has 0 radical (unpaired) electrons. The lowest BCUT2D eigenvalue weighted by molar-refractivity contribution is 0.390. The van der Waals surface area contributed by atoms with Crippen LogP contribution in [0.4, 0.5) is 0 Å². The number of hydrogen-bond donors (Lipinski definition) is 2. The second-order valence-electron chi connectivity index (χ2n) is 4.57. The normalized spacial score (nSPS) is 11.5. The summed E-state index contributed by atoms with van der Waals surface area (Å²) in [5.74, 6) is 0.513. The molecule has 0 aliphatic carbocycles. The number of thiocarbonyl (C=S) groups is 1. The quantitative estimate of drug-likeness (QED) is 0.775. The first-order valence-corrected chi connectivity index (χ1v) is 8.20. The Morgan fingerprint density at radius 2 is 2.05 bits per heavy atom. The molecular formula is C13H15N3O3S2. The van der Waals surface area contributed by atoms with Crippen LogP contribution in [0.2, 0.25) is 0 Å². The number of nitrogens with two attached hydrogens (primary N) is 1. The van der Waals surface area contributed by atoms with Crippen LogP contribution in [0.25, 0.3) is 0 Å². The predicted molar refractivity (Wildman–Crippen MR) is 83.0 cm³/mol. The third-order valence-corrected chi connectivity index (χ3v) is 4.28. The number of hydrogen-bond acceptors (Lipinski definition) is 5. The highest BCUT2D eigenvalue weighted by molar-refractivity contribution is 7.88. The molecule has 0 saturated heterocycles. The topological polar surface area (TPSA) is 98.2 Å². The number of aryl methyl sites for hydroxylation is 1. The van der Waals surface area contributed by atoms with Crippen molar-refractivity contribution in [1.82, 2.24) is 9.88 Å². The first kappa shape index (κ1) is 15.6. The average molecular weight is 325 g/mol. The molecule has 2 rings (SSSR count). The minimum absolute atomic E-state index is 0.102. The highest BCUT2D eigenvalue weighted by Gasteiger charge is 2.12. The van der Waals surface area contributed by atoms with Gasteiger partial charge in [0.2, 0.25) is 10.0 Å². The number of nitrogens with zero attached hydrogens (tertiary/aromatic N) is 1. The molecule has 2 aromatic rings. The van der Waals surface area contributed by atoms with E-state index in [9.17, 15) is 8.42 Å². The summed E-state index contributed by atoms with van der Waals surface area (Å²) < 4.78 is 31.3. The smallest absolute Gasteiger partial charge is 0.216 e. The molecule has 0 unspecified atom stereocenters. The number of benzene rings is 1. The molecule has 8 heteroatoms. The van der Waals surface area contributed by atoms with Gasteiger partial charge in [0, 0.05) is 11.6 Å². The standard InChI is InChI=1S/C13H15N3O3S2/c1-9-6-12(16-19-9)7-15-21(17,18)8-10-2-4-11(5-3-10)13(14)20/h2-6,15H,7-8H2,1H3,(H2,14,20). The van der Waals surface area contributed by atoms with E-state index in [2.05, 4.69) is 9.88 Å². The van der Waals surface area contributed by atoms with E-state index in [4.69, 9.17) is 22.5 Å². The number of nitrogens with one attached hydrogen (secondary N) is 1. The van der Waals surface area contributed by atoms with E-state index in [1.54, 1.807) is 37.3 Å². The molecule has 6 nitrogen and oxygen atoms in total. The minimum Gasteiger partial charge on any atom is -0.389 e. The van der Waals surface area contributed by atoms with Gasteiger partial charge < -0.3 is 10.3 Å². The van der Waals surface area contributed by atoms with Crippen molar-refractivity contribution in [2.24, 2.45) is 5.73 Å². The molecule has 1 aromatic heterocycles. The van der Waals surface area contributed by atoms with Crippen LogP contribution in [0, 0.1) is 6.92 Å². The monoisotopic (exact) mass is 325 g/mol. The molecular weight excluding hydrogens is 310 g/mol. The van der Waals surface area contributed by atoms with Gasteiger partial charge in [-0.25, -0.2) is 13.1 Å². The number of sulfonamides is 1. The van der Waals surface area contributed by atoms with Gasteiger partial charge in [-0.15, -0.1) is 0 Å². The molecule has 0 fully saturated rings. The Bertz CT molecular complexity index is 736. The second-order valence-corrected chi connectivity index (χ2v) is 6.82. The molecule has 0 bridgehead atoms.